The molecule has 1 aliphatic heterocycles. The van der Waals surface area contributed by atoms with Crippen LogP contribution in [0.25, 0.3) is 0 Å². The van der Waals surface area contributed by atoms with E-state index in [4.69, 9.17) is 0 Å². The molecule has 25 heavy (non-hydrogen) atoms. The first-order chi connectivity index (χ1) is 12.1. The third-order valence-corrected chi connectivity index (χ3v) is 4.44. The highest BCUT2D eigenvalue weighted by atomic mass is 19.1. The van der Waals surface area contributed by atoms with Gasteiger partial charge in [0, 0.05) is 16.9 Å². The lowest BCUT2D eigenvalue weighted by Gasteiger charge is -2.38. The zero-order chi connectivity index (χ0) is 17.4. The van der Waals surface area contributed by atoms with E-state index in [-0.39, 0.29) is 11.7 Å². The number of anilines is 2. The van der Waals surface area contributed by atoms with Gasteiger partial charge in [0.15, 0.2) is 0 Å². The molecule has 0 saturated heterocycles. The van der Waals surface area contributed by atoms with E-state index in [0.717, 1.165) is 11.3 Å². The minimum Gasteiger partial charge on any atom is -0.360 e. The molecule has 3 aromatic rings. The standard InChI is InChI=1S/C21H17FN2O/c1-14-10-12-15(13-11-14)24-20(16-6-2-4-8-18(16)22)23-19-9-5-3-7-17(19)21(24)25/h2-13,20,23H,1H3/t20-/m0/s1. The van der Waals surface area contributed by atoms with Crippen LogP contribution < -0.4 is 10.2 Å². The predicted molar refractivity (Wildman–Crippen MR) is 97.2 cm³/mol. The Labute approximate surface area is 145 Å². The van der Waals surface area contributed by atoms with E-state index in [1.807, 2.05) is 49.4 Å². The summed E-state index contributed by atoms with van der Waals surface area (Å²) in [5, 5.41) is 3.31. The molecule has 0 aromatic heterocycles. The van der Waals surface area contributed by atoms with Crippen LogP contribution in [0.3, 0.4) is 0 Å². The van der Waals surface area contributed by atoms with Gasteiger partial charge in [0.25, 0.3) is 5.91 Å². The van der Waals surface area contributed by atoms with Gasteiger partial charge in [-0.1, -0.05) is 48.0 Å². The molecule has 0 saturated carbocycles. The van der Waals surface area contributed by atoms with Crippen molar-refractivity contribution in [2.45, 2.75) is 13.1 Å². The summed E-state index contributed by atoms with van der Waals surface area (Å²) in [7, 11) is 0. The fourth-order valence-electron chi connectivity index (χ4n) is 3.14. The molecule has 0 aliphatic carbocycles. The maximum absolute atomic E-state index is 14.5. The van der Waals surface area contributed by atoms with Gasteiger partial charge < -0.3 is 5.32 Å². The monoisotopic (exact) mass is 332 g/mol. The van der Waals surface area contributed by atoms with Crippen LogP contribution in [0, 0.1) is 12.7 Å². The van der Waals surface area contributed by atoms with E-state index in [9.17, 15) is 9.18 Å². The number of aryl methyl sites for hydroxylation is 1. The number of benzene rings is 3. The third kappa shape index (κ3) is 2.66. The number of halogens is 1. The summed E-state index contributed by atoms with van der Waals surface area (Å²) >= 11 is 0. The molecule has 0 bridgehead atoms. The minimum atomic E-state index is -0.605. The smallest absolute Gasteiger partial charge is 0.262 e. The van der Waals surface area contributed by atoms with Crippen LogP contribution in [0.2, 0.25) is 0 Å². The van der Waals surface area contributed by atoms with Crippen molar-refractivity contribution in [3.8, 4) is 0 Å². The molecule has 1 aliphatic rings. The summed E-state index contributed by atoms with van der Waals surface area (Å²) in [6, 6.07) is 21.5. The number of nitrogens with zero attached hydrogens (tertiary/aromatic N) is 1. The van der Waals surface area contributed by atoms with Gasteiger partial charge in [-0.2, -0.15) is 0 Å². The Morgan fingerprint density at radius 3 is 2.36 bits per heavy atom. The number of fused-ring (bicyclic) bond motifs is 1. The molecule has 0 radical (unpaired) electrons. The first-order valence-corrected chi connectivity index (χ1v) is 8.15. The molecule has 1 amide bonds. The van der Waals surface area contributed by atoms with Gasteiger partial charge in [0.2, 0.25) is 0 Å². The average molecular weight is 332 g/mol. The zero-order valence-corrected chi connectivity index (χ0v) is 13.7. The summed E-state index contributed by atoms with van der Waals surface area (Å²) in [5.74, 6) is -0.490. The van der Waals surface area contributed by atoms with E-state index >= 15 is 0 Å². The second-order valence-corrected chi connectivity index (χ2v) is 6.12. The van der Waals surface area contributed by atoms with Crippen LogP contribution in [-0.4, -0.2) is 5.91 Å². The van der Waals surface area contributed by atoms with E-state index in [0.29, 0.717) is 16.8 Å². The van der Waals surface area contributed by atoms with Crippen molar-refractivity contribution < 1.29 is 9.18 Å². The number of amides is 1. The fourth-order valence-corrected chi connectivity index (χ4v) is 3.14. The van der Waals surface area contributed by atoms with Crippen molar-refractivity contribution in [3.63, 3.8) is 0 Å². The van der Waals surface area contributed by atoms with Gasteiger partial charge in [-0.15, -0.1) is 0 Å². The quantitative estimate of drug-likeness (QED) is 0.723. The lowest BCUT2D eigenvalue weighted by atomic mass is 10.0. The molecule has 1 N–H and O–H groups in total. The Hall–Kier alpha value is -3.14. The van der Waals surface area contributed by atoms with Crippen molar-refractivity contribution in [2.75, 3.05) is 10.2 Å². The zero-order valence-electron chi connectivity index (χ0n) is 13.7. The van der Waals surface area contributed by atoms with Crippen molar-refractivity contribution >= 4 is 17.3 Å². The lowest BCUT2D eigenvalue weighted by molar-refractivity contribution is 0.0974. The number of hydrogen-bond donors (Lipinski definition) is 1. The van der Waals surface area contributed by atoms with Crippen molar-refractivity contribution in [2.24, 2.45) is 0 Å². The predicted octanol–water partition coefficient (Wildman–Crippen LogP) is 4.91. The topological polar surface area (TPSA) is 32.3 Å². The van der Waals surface area contributed by atoms with Crippen LogP contribution in [0.1, 0.15) is 27.7 Å². The van der Waals surface area contributed by atoms with E-state index in [1.165, 1.54) is 6.07 Å². The molecule has 3 aromatic carbocycles. The Kier molecular flexibility index (Phi) is 3.73. The molecule has 0 unspecified atom stereocenters. The van der Waals surface area contributed by atoms with Crippen LogP contribution in [-0.2, 0) is 0 Å². The number of carbonyl (C=O) groups is 1. The molecule has 3 nitrogen and oxygen atoms in total. The van der Waals surface area contributed by atoms with Gasteiger partial charge >= 0.3 is 0 Å². The molecule has 0 fully saturated rings. The van der Waals surface area contributed by atoms with Crippen LogP contribution >= 0.6 is 0 Å². The molecular weight excluding hydrogens is 315 g/mol. The third-order valence-electron chi connectivity index (χ3n) is 4.44. The Bertz CT molecular complexity index is 937. The largest absolute Gasteiger partial charge is 0.360 e. The molecule has 1 atom stereocenters. The number of para-hydroxylation sites is 1. The minimum absolute atomic E-state index is 0.147. The summed E-state index contributed by atoms with van der Waals surface area (Å²) in [6.07, 6.45) is -0.605. The van der Waals surface area contributed by atoms with Crippen LogP contribution in [0.15, 0.2) is 72.8 Å². The molecule has 0 spiro atoms. The summed E-state index contributed by atoms with van der Waals surface area (Å²) in [5.41, 5.74) is 3.56. The lowest BCUT2D eigenvalue weighted by Crippen LogP contribution is -2.43. The highest BCUT2D eigenvalue weighted by molar-refractivity contribution is 6.12. The first-order valence-electron chi connectivity index (χ1n) is 8.15. The maximum Gasteiger partial charge on any atom is 0.262 e. The average Bonchev–Trinajstić information content (AvgIpc) is 2.63. The van der Waals surface area contributed by atoms with Gasteiger partial charge in [0.1, 0.15) is 12.0 Å². The van der Waals surface area contributed by atoms with Gasteiger partial charge in [-0.3, -0.25) is 9.69 Å². The molecular formula is C21H17FN2O. The highest BCUT2D eigenvalue weighted by Gasteiger charge is 2.35. The van der Waals surface area contributed by atoms with Crippen LogP contribution in [0.5, 0.6) is 0 Å². The maximum atomic E-state index is 14.5. The van der Waals surface area contributed by atoms with Crippen molar-refractivity contribution in [1.29, 1.82) is 0 Å². The van der Waals surface area contributed by atoms with Gasteiger partial charge in [-0.25, -0.2) is 4.39 Å². The number of carbonyl (C=O) groups excluding carboxylic acids is 1. The normalized spacial score (nSPS) is 16.3. The number of nitrogens with one attached hydrogen (secondary N) is 1. The fraction of sp³-hybridized carbons (Fsp3) is 0.0952. The summed E-state index contributed by atoms with van der Waals surface area (Å²) in [4.78, 5) is 14.8. The van der Waals surface area contributed by atoms with Gasteiger partial charge in [-0.05, 0) is 37.3 Å². The highest BCUT2D eigenvalue weighted by Crippen LogP contribution is 2.37. The SMILES string of the molecule is Cc1ccc(N2C(=O)c3ccccc3N[C@@H]2c2ccccc2F)cc1. The summed E-state index contributed by atoms with van der Waals surface area (Å²) in [6.45, 7) is 1.99. The second-order valence-electron chi connectivity index (χ2n) is 6.12. The van der Waals surface area contributed by atoms with Crippen molar-refractivity contribution in [3.05, 3.63) is 95.3 Å². The Morgan fingerprint density at radius 2 is 1.60 bits per heavy atom. The molecule has 1 heterocycles. The summed E-state index contributed by atoms with van der Waals surface area (Å²) < 4.78 is 14.5. The van der Waals surface area contributed by atoms with E-state index < -0.39 is 6.17 Å². The molecule has 124 valence electrons. The number of rotatable bonds is 2. The van der Waals surface area contributed by atoms with Crippen LogP contribution in [0.4, 0.5) is 15.8 Å². The van der Waals surface area contributed by atoms with E-state index in [1.54, 1.807) is 29.2 Å². The molecule has 4 heteroatoms. The van der Waals surface area contributed by atoms with E-state index in [2.05, 4.69) is 5.32 Å². The van der Waals surface area contributed by atoms with Gasteiger partial charge in [0.05, 0.1) is 5.56 Å². The van der Waals surface area contributed by atoms with Crippen molar-refractivity contribution in [1.82, 2.24) is 0 Å². The first kappa shape index (κ1) is 15.4. The molecule has 4 rings (SSSR count). The Balaban J connectivity index is 1.89. The number of hydrogen-bond acceptors (Lipinski definition) is 2. The second kappa shape index (κ2) is 6.06. The Morgan fingerprint density at radius 1 is 0.920 bits per heavy atom.